The number of hydrogen-bond donors (Lipinski definition) is 3. The predicted molar refractivity (Wildman–Crippen MR) is 74.2 cm³/mol. The van der Waals surface area contributed by atoms with E-state index in [4.69, 9.17) is 10.8 Å². The van der Waals surface area contributed by atoms with Crippen molar-refractivity contribution in [3.8, 4) is 5.75 Å². The highest BCUT2D eigenvalue weighted by Crippen LogP contribution is 2.33. The van der Waals surface area contributed by atoms with Crippen LogP contribution in [0.4, 0.5) is 30.2 Å². The van der Waals surface area contributed by atoms with Crippen molar-refractivity contribution >= 4 is 23.0 Å². The minimum atomic E-state index is -4.85. The standard InChI is InChI=1S/C14H11F3N2O3/c15-14(16,17)22-12-4-2-1-3-11(12)19-10-6-5-8(18)7-9(10)13(20)21/h1-7,19H,18H2,(H,20,21). The van der Waals surface area contributed by atoms with Gasteiger partial charge in [0.1, 0.15) is 0 Å². The SMILES string of the molecule is Nc1ccc(Nc2ccccc2OC(F)(F)F)c(C(=O)O)c1. The number of para-hydroxylation sites is 2. The fourth-order valence-corrected chi connectivity index (χ4v) is 1.78. The van der Waals surface area contributed by atoms with Gasteiger partial charge in [-0.2, -0.15) is 0 Å². The smallest absolute Gasteiger partial charge is 0.478 e. The minimum Gasteiger partial charge on any atom is -0.478 e. The Kier molecular flexibility index (Phi) is 4.11. The van der Waals surface area contributed by atoms with E-state index in [1.165, 1.54) is 36.4 Å². The Morgan fingerprint density at radius 2 is 1.82 bits per heavy atom. The molecule has 0 aliphatic carbocycles. The maximum atomic E-state index is 12.4. The quantitative estimate of drug-likeness (QED) is 0.751. The lowest BCUT2D eigenvalue weighted by atomic mass is 10.1. The summed E-state index contributed by atoms with van der Waals surface area (Å²) in [6, 6.07) is 9.32. The highest BCUT2D eigenvalue weighted by atomic mass is 19.4. The van der Waals surface area contributed by atoms with E-state index >= 15 is 0 Å². The van der Waals surface area contributed by atoms with E-state index in [1.54, 1.807) is 0 Å². The minimum absolute atomic E-state index is 0.0212. The number of anilines is 3. The number of nitrogens with two attached hydrogens (primary N) is 1. The van der Waals surface area contributed by atoms with Gasteiger partial charge in [0, 0.05) is 5.69 Å². The van der Waals surface area contributed by atoms with Crippen molar-refractivity contribution in [2.45, 2.75) is 6.36 Å². The van der Waals surface area contributed by atoms with Crippen molar-refractivity contribution in [2.24, 2.45) is 0 Å². The Hall–Kier alpha value is -2.90. The zero-order valence-electron chi connectivity index (χ0n) is 11.0. The van der Waals surface area contributed by atoms with Crippen molar-refractivity contribution in [2.75, 3.05) is 11.1 Å². The molecule has 2 aromatic rings. The fraction of sp³-hybridized carbons (Fsp3) is 0.0714. The number of carbonyl (C=O) groups is 1. The average molecular weight is 312 g/mol. The molecular weight excluding hydrogens is 301 g/mol. The third-order valence-electron chi connectivity index (χ3n) is 2.66. The average Bonchev–Trinajstić information content (AvgIpc) is 2.41. The number of nitrogen functional groups attached to an aromatic ring is 1. The van der Waals surface area contributed by atoms with Crippen molar-refractivity contribution in [3.63, 3.8) is 0 Å². The lowest BCUT2D eigenvalue weighted by Gasteiger charge is -2.15. The molecule has 116 valence electrons. The summed E-state index contributed by atoms with van der Waals surface area (Å²) in [5.41, 5.74) is 5.64. The summed E-state index contributed by atoms with van der Waals surface area (Å²) in [5.74, 6) is -1.73. The zero-order valence-corrected chi connectivity index (χ0v) is 11.0. The van der Waals surface area contributed by atoms with E-state index < -0.39 is 18.1 Å². The molecule has 5 nitrogen and oxygen atoms in total. The normalized spacial score (nSPS) is 11.0. The van der Waals surface area contributed by atoms with Crippen LogP contribution in [0.2, 0.25) is 0 Å². The lowest BCUT2D eigenvalue weighted by Crippen LogP contribution is -2.18. The molecule has 0 saturated heterocycles. The number of carboxylic acids is 1. The van der Waals surface area contributed by atoms with Gasteiger partial charge in [0.2, 0.25) is 0 Å². The Balaban J connectivity index is 2.38. The third kappa shape index (κ3) is 3.81. The number of carboxylic acid groups (broad SMARTS) is 1. The summed E-state index contributed by atoms with van der Waals surface area (Å²) in [5, 5.41) is 11.7. The summed E-state index contributed by atoms with van der Waals surface area (Å²) in [4.78, 5) is 11.2. The molecule has 0 aliphatic rings. The molecule has 4 N–H and O–H groups in total. The van der Waals surface area contributed by atoms with Crippen LogP contribution >= 0.6 is 0 Å². The van der Waals surface area contributed by atoms with Crippen LogP contribution in [-0.2, 0) is 0 Å². The van der Waals surface area contributed by atoms with E-state index in [9.17, 15) is 18.0 Å². The number of alkyl halides is 3. The van der Waals surface area contributed by atoms with Crippen molar-refractivity contribution in [1.82, 2.24) is 0 Å². The van der Waals surface area contributed by atoms with Gasteiger partial charge in [-0.3, -0.25) is 0 Å². The molecule has 0 spiro atoms. The molecule has 0 atom stereocenters. The molecule has 0 unspecified atom stereocenters. The van der Waals surface area contributed by atoms with E-state index in [0.717, 1.165) is 6.07 Å². The van der Waals surface area contributed by atoms with Crippen LogP contribution in [0, 0.1) is 0 Å². The maximum absolute atomic E-state index is 12.4. The van der Waals surface area contributed by atoms with Gasteiger partial charge in [0.05, 0.1) is 16.9 Å². The summed E-state index contributed by atoms with van der Waals surface area (Å²) >= 11 is 0. The molecular formula is C14H11F3N2O3. The second-order valence-electron chi connectivity index (χ2n) is 4.28. The number of benzene rings is 2. The van der Waals surface area contributed by atoms with Crippen molar-refractivity contribution in [1.29, 1.82) is 0 Å². The van der Waals surface area contributed by atoms with Crippen LogP contribution in [0.5, 0.6) is 5.75 Å². The molecule has 0 aliphatic heterocycles. The fourth-order valence-electron chi connectivity index (χ4n) is 1.78. The first-order valence-corrected chi connectivity index (χ1v) is 6.01. The molecule has 2 rings (SSSR count). The Labute approximate surface area is 123 Å². The molecule has 0 saturated carbocycles. The first-order valence-electron chi connectivity index (χ1n) is 6.01. The van der Waals surface area contributed by atoms with Gasteiger partial charge < -0.3 is 20.9 Å². The Morgan fingerprint density at radius 3 is 2.45 bits per heavy atom. The number of hydrogen-bond acceptors (Lipinski definition) is 4. The van der Waals surface area contributed by atoms with Gasteiger partial charge in [0.25, 0.3) is 0 Å². The van der Waals surface area contributed by atoms with Gasteiger partial charge >= 0.3 is 12.3 Å². The predicted octanol–water partition coefficient (Wildman–Crippen LogP) is 3.61. The van der Waals surface area contributed by atoms with Crippen LogP contribution in [0.3, 0.4) is 0 Å². The van der Waals surface area contributed by atoms with E-state index in [0.29, 0.717) is 0 Å². The van der Waals surface area contributed by atoms with Crippen LogP contribution in [0.15, 0.2) is 42.5 Å². The van der Waals surface area contributed by atoms with Gasteiger partial charge in [0.15, 0.2) is 5.75 Å². The third-order valence-corrected chi connectivity index (χ3v) is 2.66. The van der Waals surface area contributed by atoms with E-state index in [2.05, 4.69) is 10.1 Å². The first-order chi connectivity index (χ1) is 10.3. The summed E-state index contributed by atoms with van der Waals surface area (Å²) in [7, 11) is 0. The molecule has 0 heterocycles. The number of halogens is 3. The Morgan fingerprint density at radius 1 is 1.14 bits per heavy atom. The monoisotopic (exact) mass is 312 g/mol. The molecule has 0 aromatic heterocycles. The van der Waals surface area contributed by atoms with Crippen LogP contribution in [0.25, 0.3) is 0 Å². The lowest BCUT2D eigenvalue weighted by molar-refractivity contribution is -0.274. The van der Waals surface area contributed by atoms with Gasteiger partial charge in [-0.1, -0.05) is 12.1 Å². The largest absolute Gasteiger partial charge is 0.573 e. The van der Waals surface area contributed by atoms with Crippen molar-refractivity contribution in [3.05, 3.63) is 48.0 Å². The van der Waals surface area contributed by atoms with Gasteiger partial charge in [-0.15, -0.1) is 13.2 Å². The number of nitrogens with one attached hydrogen (secondary N) is 1. The van der Waals surface area contributed by atoms with Crippen LogP contribution < -0.4 is 15.8 Å². The van der Waals surface area contributed by atoms with Crippen LogP contribution in [0.1, 0.15) is 10.4 Å². The molecule has 0 bridgehead atoms. The zero-order chi connectivity index (χ0) is 16.3. The van der Waals surface area contributed by atoms with E-state index in [1.807, 2.05) is 0 Å². The highest BCUT2D eigenvalue weighted by Gasteiger charge is 2.32. The van der Waals surface area contributed by atoms with Crippen LogP contribution in [-0.4, -0.2) is 17.4 Å². The molecule has 0 fully saturated rings. The maximum Gasteiger partial charge on any atom is 0.573 e. The van der Waals surface area contributed by atoms with Crippen molar-refractivity contribution < 1.29 is 27.8 Å². The molecule has 8 heteroatoms. The van der Waals surface area contributed by atoms with Gasteiger partial charge in [-0.25, -0.2) is 4.79 Å². The Bertz CT molecular complexity index is 702. The number of ether oxygens (including phenoxy) is 1. The summed E-state index contributed by atoms with van der Waals surface area (Å²) in [6.07, 6.45) is -4.85. The molecule has 0 amide bonds. The molecule has 22 heavy (non-hydrogen) atoms. The number of aromatic carboxylic acids is 1. The summed E-state index contributed by atoms with van der Waals surface area (Å²) in [6.45, 7) is 0. The first kappa shape index (κ1) is 15.5. The highest BCUT2D eigenvalue weighted by molar-refractivity contribution is 5.96. The second-order valence-corrected chi connectivity index (χ2v) is 4.28. The summed E-state index contributed by atoms with van der Waals surface area (Å²) < 4.78 is 41.0. The van der Waals surface area contributed by atoms with Gasteiger partial charge in [-0.05, 0) is 30.3 Å². The van der Waals surface area contributed by atoms with E-state index in [-0.39, 0.29) is 22.6 Å². The number of rotatable bonds is 4. The molecule has 0 radical (unpaired) electrons. The molecule has 2 aromatic carbocycles. The second kappa shape index (κ2) is 5.84. The topological polar surface area (TPSA) is 84.6 Å².